The molecule has 7 heteroatoms. The molecule has 3 unspecified atom stereocenters. The number of fused-ring (bicyclic) bond motifs is 1. The molecule has 2 N–H and O–H groups in total. The summed E-state index contributed by atoms with van der Waals surface area (Å²) in [5.41, 5.74) is 3.27. The van der Waals surface area contributed by atoms with Crippen LogP contribution in [0.3, 0.4) is 0 Å². The monoisotopic (exact) mass is 555 g/mol. The Morgan fingerprint density at radius 2 is 1.78 bits per heavy atom. The Hall–Kier alpha value is -3.42. The minimum Gasteiger partial charge on any atom is -0.444 e. The van der Waals surface area contributed by atoms with Crippen LogP contribution in [0.5, 0.6) is 0 Å². The molecule has 0 saturated carbocycles. The van der Waals surface area contributed by atoms with Crippen molar-refractivity contribution in [1.29, 1.82) is 0 Å². The summed E-state index contributed by atoms with van der Waals surface area (Å²) in [5.74, 6) is 0.0338. The van der Waals surface area contributed by atoms with E-state index in [0.29, 0.717) is 6.04 Å². The van der Waals surface area contributed by atoms with E-state index in [-0.39, 0.29) is 24.9 Å². The highest BCUT2D eigenvalue weighted by molar-refractivity contribution is 6.08. The van der Waals surface area contributed by atoms with Gasteiger partial charge in [-0.3, -0.25) is 9.69 Å². The summed E-state index contributed by atoms with van der Waals surface area (Å²) < 4.78 is 5.30. The molecule has 2 amide bonds. The summed E-state index contributed by atoms with van der Waals surface area (Å²) in [6.45, 7) is 9.21. The summed E-state index contributed by atoms with van der Waals surface area (Å²) in [6, 6.07) is 21.8. The number of alkyl carbamates (subject to hydrolysis) is 1. The zero-order valence-corrected chi connectivity index (χ0v) is 24.5. The molecule has 41 heavy (non-hydrogen) atoms. The lowest BCUT2D eigenvalue weighted by atomic mass is 9.78. The number of benzene rings is 3. The van der Waals surface area contributed by atoms with E-state index in [0.717, 1.165) is 43.6 Å². The number of carbonyl (C=O) groups excluding carboxylic acids is 2. The zero-order valence-electron chi connectivity index (χ0n) is 24.5. The Morgan fingerprint density at radius 1 is 1.07 bits per heavy atom. The number of para-hydroxylation sites is 1. The predicted molar refractivity (Wildman–Crippen MR) is 161 cm³/mol. The number of ether oxygens (including phenoxy) is 1. The molecular weight excluding hydrogens is 514 g/mol. The molecule has 2 aliphatic heterocycles. The Bertz CT molecular complexity index is 1470. The first-order valence-electron chi connectivity index (χ1n) is 14.9. The van der Waals surface area contributed by atoms with Gasteiger partial charge in [0.05, 0.1) is 11.5 Å². The molecule has 0 spiro atoms. The molecule has 1 saturated heterocycles. The van der Waals surface area contributed by atoms with Crippen LogP contribution in [0.15, 0.2) is 60.7 Å². The van der Waals surface area contributed by atoms with Crippen LogP contribution < -0.4 is 10.2 Å². The number of hydrogen-bond acceptors (Lipinski definition) is 5. The first kappa shape index (κ1) is 27.7. The molecule has 3 aliphatic rings. The van der Waals surface area contributed by atoms with Gasteiger partial charge in [-0.25, -0.2) is 4.79 Å². The van der Waals surface area contributed by atoms with Gasteiger partial charge in [-0.2, -0.15) is 0 Å². The van der Waals surface area contributed by atoms with Crippen molar-refractivity contribution in [3.05, 3.63) is 77.4 Å². The number of piperidine rings is 1. The molecule has 1 fully saturated rings. The van der Waals surface area contributed by atoms with Gasteiger partial charge in [0.15, 0.2) is 0 Å². The summed E-state index contributed by atoms with van der Waals surface area (Å²) in [5, 5.41) is 16.3. The van der Waals surface area contributed by atoms with Crippen molar-refractivity contribution in [1.82, 2.24) is 10.2 Å². The summed E-state index contributed by atoms with van der Waals surface area (Å²) >= 11 is 0. The molecule has 216 valence electrons. The minimum atomic E-state index is -0.891. The van der Waals surface area contributed by atoms with Crippen LogP contribution in [0, 0.1) is 0 Å². The van der Waals surface area contributed by atoms with Gasteiger partial charge in [-0.05, 0) is 86.9 Å². The maximum Gasteiger partial charge on any atom is 0.407 e. The number of anilines is 1. The Labute approximate surface area is 242 Å². The number of carbonyl (C=O) groups is 2. The summed E-state index contributed by atoms with van der Waals surface area (Å²) in [4.78, 5) is 30.9. The predicted octanol–water partition coefficient (Wildman–Crippen LogP) is 5.48. The minimum absolute atomic E-state index is 0.0227. The number of likely N-dealkylation sites (tertiary alicyclic amines) is 1. The standard InChI is InChI=1S/C34H41N3O4/c1-33(2,3)41-32(40)35-21-25(38)20-34(4)27-13-5-6-14-28(27)37(31(34)39)24-15-17-36(18-16-24)29-19-23-11-7-9-22-10-8-12-26(29)30(22)23/h5-14,24-25,29,38H,15-21H2,1-4H3,(H,35,40). The fourth-order valence-electron chi connectivity index (χ4n) is 7.26. The topological polar surface area (TPSA) is 82.1 Å². The Kier molecular flexibility index (Phi) is 7.07. The third-order valence-electron chi connectivity index (χ3n) is 9.07. The van der Waals surface area contributed by atoms with E-state index in [1.54, 1.807) is 20.8 Å². The lowest BCUT2D eigenvalue weighted by Gasteiger charge is -2.40. The molecule has 3 atom stereocenters. The highest BCUT2D eigenvalue weighted by Gasteiger charge is 2.50. The maximum absolute atomic E-state index is 14.1. The lowest BCUT2D eigenvalue weighted by molar-refractivity contribution is -0.124. The molecule has 3 aromatic carbocycles. The van der Waals surface area contributed by atoms with Crippen LogP contribution in [0.2, 0.25) is 0 Å². The molecule has 7 nitrogen and oxygen atoms in total. The molecule has 0 bridgehead atoms. The van der Waals surface area contributed by atoms with Crippen molar-refractivity contribution >= 4 is 28.5 Å². The third kappa shape index (κ3) is 5.10. The average molecular weight is 556 g/mol. The fourth-order valence-corrected chi connectivity index (χ4v) is 7.26. The van der Waals surface area contributed by atoms with E-state index < -0.39 is 23.2 Å². The van der Waals surface area contributed by atoms with Crippen molar-refractivity contribution < 1.29 is 19.4 Å². The van der Waals surface area contributed by atoms with E-state index in [2.05, 4.69) is 46.6 Å². The van der Waals surface area contributed by atoms with Crippen molar-refractivity contribution in [2.24, 2.45) is 0 Å². The number of rotatable bonds is 6. The highest BCUT2D eigenvalue weighted by Crippen LogP contribution is 2.47. The first-order chi connectivity index (χ1) is 19.5. The first-order valence-corrected chi connectivity index (χ1v) is 14.9. The average Bonchev–Trinajstić information content (AvgIpc) is 3.41. The zero-order chi connectivity index (χ0) is 28.9. The van der Waals surface area contributed by atoms with Gasteiger partial charge in [0.25, 0.3) is 0 Å². The fraction of sp³-hybridized carbons (Fsp3) is 0.471. The quantitative estimate of drug-likeness (QED) is 0.421. The second-order valence-electron chi connectivity index (χ2n) is 13.1. The smallest absolute Gasteiger partial charge is 0.407 e. The second kappa shape index (κ2) is 10.4. The van der Waals surface area contributed by atoms with Gasteiger partial charge >= 0.3 is 6.09 Å². The van der Waals surface area contributed by atoms with E-state index >= 15 is 0 Å². The van der Waals surface area contributed by atoms with Crippen LogP contribution >= 0.6 is 0 Å². The third-order valence-corrected chi connectivity index (χ3v) is 9.07. The van der Waals surface area contributed by atoms with Gasteiger partial charge in [0.2, 0.25) is 5.91 Å². The lowest BCUT2D eigenvalue weighted by Crippen LogP contribution is -2.50. The molecule has 0 aromatic heterocycles. The van der Waals surface area contributed by atoms with Crippen LogP contribution in [-0.2, 0) is 21.4 Å². The van der Waals surface area contributed by atoms with Crippen molar-refractivity contribution in [3.63, 3.8) is 0 Å². The van der Waals surface area contributed by atoms with Crippen LogP contribution in [0.4, 0.5) is 10.5 Å². The van der Waals surface area contributed by atoms with E-state index in [9.17, 15) is 14.7 Å². The summed E-state index contributed by atoms with van der Waals surface area (Å²) in [6.07, 6.45) is 1.61. The van der Waals surface area contributed by atoms with E-state index in [1.807, 2.05) is 36.1 Å². The molecular formula is C34H41N3O4. The molecule has 6 rings (SSSR count). The summed E-state index contributed by atoms with van der Waals surface area (Å²) in [7, 11) is 0. The maximum atomic E-state index is 14.1. The highest BCUT2D eigenvalue weighted by atomic mass is 16.6. The van der Waals surface area contributed by atoms with Gasteiger partial charge < -0.3 is 20.1 Å². The Morgan fingerprint density at radius 3 is 2.51 bits per heavy atom. The van der Waals surface area contributed by atoms with Crippen molar-refractivity contribution in [2.45, 2.75) is 82.6 Å². The number of hydrogen-bond donors (Lipinski definition) is 2. The van der Waals surface area contributed by atoms with Gasteiger partial charge in [0, 0.05) is 37.4 Å². The van der Waals surface area contributed by atoms with Gasteiger partial charge in [-0.1, -0.05) is 54.6 Å². The van der Waals surface area contributed by atoms with Gasteiger partial charge in [0.1, 0.15) is 5.60 Å². The van der Waals surface area contributed by atoms with Crippen LogP contribution in [0.1, 0.15) is 69.7 Å². The Balaban J connectivity index is 1.14. The van der Waals surface area contributed by atoms with Crippen LogP contribution in [-0.4, -0.2) is 59.4 Å². The number of amides is 2. The number of nitrogens with one attached hydrogen (secondary N) is 1. The largest absolute Gasteiger partial charge is 0.444 e. The normalized spacial score (nSPS) is 23.6. The molecule has 0 radical (unpaired) electrons. The van der Waals surface area contributed by atoms with Crippen molar-refractivity contribution in [2.75, 3.05) is 24.5 Å². The van der Waals surface area contributed by atoms with Crippen molar-refractivity contribution in [3.8, 4) is 0 Å². The SMILES string of the molecule is CC(C)(C)OC(=O)NCC(O)CC1(C)C(=O)N(C2CCN(C3Cc4cccc5cccc3c45)CC2)c2ccccc21. The number of nitrogens with zero attached hydrogens (tertiary/aromatic N) is 2. The molecule has 3 aromatic rings. The van der Waals surface area contributed by atoms with Crippen LogP contribution in [0.25, 0.3) is 10.8 Å². The molecule has 1 aliphatic carbocycles. The second-order valence-corrected chi connectivity index (χ2v) is 13.1. The number of aliphatic hydroxyl groups excluding tert-OH is 1. The number of aliphatic hydroxyl groups is 1. The molecule has 2 heterocycles. The van der Waals surface area contributed by atoms with E-state index in [4.69, 9.17) is 4.74 Å². The van der Waals surface area contributed by atoms with Gasteiger partial charge in [-0.15, -0.1) is 0 Å². The van der Waals surface area contributed by atoms with E-state index in [1.165, 1.54) is 21.9 Å².